The van der Waals surface area contributed by atoms with Crippen molar-refractivity contribution in [3.05, 3.63) is 66.4 Å². The molecular weight excluding hydrogens is 372 g/mol. The van der Waals surface area contributed by atoms with E-state index in [0.717, 1.165) is 10.7 Å². The fourth-order valence-corrected chi connectivity index (χ4v) is 3.63. The smallest absolute Gasteiger partial charge is 0.251 e. The summed E-state index contributed by atoms with van der Waals surface area (Å²) in [5, 5.41) is 12.3. The predicted molar refractivity (Wildman–Crippen MR) is 111 cm³/mol. The molecule has 0 spiro atoms. The number of amides is 1. The van der Waals surface area contributed by atoms with E-state index in [4.69, 9.17) is 4.42 Å². The number of allylic oxidation sites excluding steroid dienone is 1. The quantitative estimate of drug-likeness (QED) is 0.429. The Morgan fingerprint density at radius 3 is 2.82 bits per heavy atom. The fraction of sp³-hybridized carbons (Fsp3) is 0.286. The highest BCUT2D eigenvalue weighted by Crippen LogP contribution is 2.27. The number of benzene rings is 1. The zero-order chi connectivity index (χ0) is 19.9. The molecule has 146 valence electrons. The van der Waals surface area contributed by atoms with Gasteiger partial charge in [-0.2, -0.15) is 0 Å². The van der Waals surface area contributed by atoms with Crippen LogP contribution in [0.4, 0.5) is 0 Å². The number of thioether (sulfide) groups is 1. The number of aromatic nitrogens is 3. The molecule has 0 atom stereocenters. The molecular formula is C21H24N4O2S. The topological polar surface area (TPSA) is 73.0 Å². The minimum Gasteiger partial charge on any atom is -0.461 e. The molecule has 0 saturated heterocycles. The maximum absolute atomic E-state index is 12.5. The molecule has 2 aromatic heterocycles. The van der Waals surface area contributed by atoms with Gasteiger partial charge in [-0.3, -0.25) is 9.36 Å². The first kappa shape index (κ1) is 19.9. The second kappa shape index (κ2) is 9.41. The van der Waals surface area contributed by atoms with Crippen molar-refractivity contribution in [2.75, 3.05) is 6.54 Å². The van der Waals surface area contributed by atoms with Crippen LogP contribution in [0.15, 0.2) is 64.9 Å². The van der Waals surface area contributed by atoms with Crippen LogP contribution in [0.3, 0.4) is 0 Å². The van der Waals surface area contributed by atoms with Crippen LogP contribution in [-0.2, 0) is 12.3 Å². The summed E-state index contributed by atoms with van der Waals surface area (Å²) in [6.07, 6.45) is 3.41. The number of carbonyl (C=O) groups excluding carboxylic acids is 1. The number of hydrogen-bond acceptors (Lipinski definition) is 5. The van der Waals surface area contributed by atoms with Crippen molar-refractivity contribution in [2.24, 2.45) is 5.92 Å². The number of nitrogens with zero attached hydrogens (tertiary/aromatic N) is 3. The summed E-state index contributed by atoms with van der Waals surface area (Å²) in [5.41, 5.74) is 1.65. The molecule has 2 heterocycles. The molecule has 28 heavy (non-hydrogen) atoms. The number of nitrogens with one attached hydrogen (secondary N) is 1. The van der Waals surface area contributed by atoms with E-state index in [1.807, 2.05) is 41.0 Å². The Balaban J connectivity index is 1.78. The third kappa shape index (κ3) is 4.72. The lowest BCUT2D eigenvalue weighted by molar-refractivity contribution is 0.0948. The molecule has 0 aliphatic heterocycles. The van der Waals surface area contributed by atoms with Gasteiger partial charge in [-0.25, -0.2) is 0 Å². The molecule has 0 fully saturated rings. The van der Waals surface area contributed by atoms with Crippen LogP contribution in [0.2, 0.25) is 0 Å². The Morgan fingerprint density at radius 1 is 1.29 bits per heavy atom. The zero-order valence-electron chi connectivity index (χ0n) is 16.1. The molecule has 1 aromatic carbocycles. The summed E-state index contributed by atoms with van der Waals surface area (Å²) in [4.78, 5) is 12.5. The average molecular weight is 397 g/mol. The van der Waals surface area contributed by atoms with Crippen LogP contribution < -0.4 is 5.32 Å². The van der Waals surface area contributed by atoms with Crippen LogP contribution >= 0.6 is 11.8 Å². The SMILES string of the molecule is C=CCn1c(SCc2ccccc2C(=O)NCC(C)C)nnc1-c1ccco1. The molecule has 0 bridgehead atoms. The van der Waals surface area contributed by atoms with E-state index in [1.54, 1.807) is 12.3 Å². The van der Waals surface area contributed by atoms with Crippen molar-refractivity contribution in [1.82, 2.24) is 20.1 Å². The first-order valence-corrected chi connectivity index (χ1v) is 10.2. The Morgan fingerprint density at radius 2 is 2.11 bits per heavy atom. The van der Waals surface area contributed by atoms with Crippen molar-refractivity contribution in [2.45, 2.75) is 31.3 Å². The Hall–Kier alpha value is -2.80. The first-order chi connectivity index (χ1) is 13.6. The van der Waals surface area contributed by atoms with E-state index in [-0.39, 0.29) is 5.91 Å². The maximum Gasteiger partial charge on any atom is 0.251 e. The lowest BCUT2D eigenvalue weighted by atomic mass is 10.1. The van der Waals surface area contributed by atoms with Gasteiger partial charge in [0.05, 0.1) is 6.26 Å². The van der Waals surface area contributed by atoms with Crippen molar-refractivity contribution in [3.63, 3.8) is 0 Å². The summed E-state index contributed by atoms with van der Waals surface area (Å²) in [7, 11) is 0. The molecule has 1 N–H and O–H groups in total. The molecule has 1 amide bonds. The van der Waals surface area contributed by atoms with E-state index < -0.39 is 0 Å². The second-order valence-electron chi connectivity index (χ2n) is 6.73. The monoisotopic (exact) mass is 396 g/mol. The lowest BCUT2D eigenvalue weighted by Crippen LogP contribution is -2.28. The maximum atomic E-state index is 12.5. The van der Waals surface area contributed by atoms with Gasteiger partial charge in [0, 0.05) is 24.4 Å². The number of furan rings is 1. The minimum atomic E-state index is -0.0475. The van der Waals surface area contributed by atoms with Crippen LogP contribution in [0.1, 0.15) is 29.8 Å². The molecule has 3 rings (SSSR count). The minimum absolute atomic E-state index is 0.0475. The molecule has 0 aliphatic rings. The van der Waals surface area contributed by atoms with E-state index in [9.17, 15) is 4.79 Å². The van der Waals surface area contributed by atoms with Gasteiger partial charge in [-0.1, -0.05) is 49.9 Å². The van der Waals surface area contributed by atoms with Gasteiger partial charge in [0.15, 0.2) is 10.9 Å². The van der Waals surface area contributed by atoms with E-state index >= 15 is 0 Å². The molecule has 7 heteroatoms. The molecule has 0 unspecified atom stereocenters. The molecule has 0 radical (unpaired) electrons. The second-order valence-corrected chi connectivity index (χ2v) is 7.67. The Kier molecular flexibility index (Phi) is 6.71. The van der Waals surface area contributed by atoms with E-state index in [0.29, 0.717) is 41.9 Å². The summed E-state index contributed by atoms with van der Waals surface area (Å²) >= 11 is 1.53. The van der Waals surface area contributed by atoms with Crippen LogP contribution in [-0.4, -0.2) is 27.2 Å². The first-order valence-electron chi connectivity index (χ1n) is 9.17. The van der Waals surface area contributed by atoms with Crippen LogP contribution in [0, 0.1) is 5.92 Å². The highest BCUT2D eigenvalue weighted by molar-refractivity contribution is 7.98. The Labute approximate surface area is 169 Å². The van der Waals surface area contributed by atoms with Gasteiger partial charge in [0.1, 0.15) is 0 Å². The third-order valence-corrected chi connectivity index (χ3v) is 5.08. The average Bonchev–Trinajstić information content (AvgIpc) is 3.35. The van der Waals surface area contributed by atoms with Gasteiger partial charge in [-0.15, -0.1) is 16.8 Å². The number of rotatable bonds is 9. The fourth-order valence-electron chi connectivity index (χ4n) is 2.68. The summed E-state index contributed by atoms with van der Waals surface area (Å²) in [6.45, 7) is 9.19. The van der Waals surface area contributed by atoms with Gasteiger partial charge < -0.3 is 9.73 Å². The van der Waals surface area contributed by atoms with Crippen LogP contribution in [0.25, 0.3) is 11.6 Å². The van der Waals surface area contributed by atoms with Crippen molar-refractivity contribution >= 4 is 17.7 Å². The highest BCUT2D eigenvalue weighted by atomic mass is 32.2. The lowest BCUT2D eigenvalue weighted by Gasteiger charge is -2.11. The Bertz CT molecular complexity index is 932. The van der Waals surface area contributed by atoms with E-state index in [1.165, 1.54) is 11.8 Å². The van der Waals surface area contributed by atoms with Crippen LogP contribution in [0.5, 0.6) is 0 Å². The molecule has 3 aromatic rings. The van der Waals surface area contributed by atoms with Crippen molar-refractivity contribution in [3.8, 4) is 11.6 Å². The molecule has 0 aliphatic carbocycles. The normalized spacial score (nSPS) is 11.0. The largest absolute Gasteiger partial charge is 0.461 e. The number of hydrogen-bond donors (Lipinski definition) is 1. The van der Waals surface area contributed by atoms with Crippen molar-refractivity contribution in [1.29, 1.82) is 0 Å². The summed E-state index contributed by atoms with van der Waals surface area (Å²) in [5.74, 6) is 2.29. The third-order valence-electron chi connectivity index (χ3n) is 4.06. The highest BCUT2D eigenvalue weighted by Gasteiger charge is 2.17. The number of carbonyl (C=O) groups is 1. The van der Waals surface area contributed by atoms with Gasteiger partial charge in [-0.05, 0) is 29.7 Å². The van der Waals surface area contributed by atoms with Gasteiger partial charge in [0.2, 0.25) is 5.82 Å². The van der Waals surface area contributed by atoms with Crippen molar-refractivity contribution < 1.29 is 9.21 Å². The summed E-state index contributed by atoms with van der Waals surface area (Å²) in [6, 6.07) is 11.3. The van der Waals surface area contributed by atoms with Gasteiger partial charge >= 0.3 is 0 Å². The van der Waals surface area contributed by atoms with Gasteiger partial charge in [0.25, 0.3) is 5.91 Å². The molecule has 0 saturated carbocycles. The molecule has 6 nitrogen and oxygen atoms in total. The zero-order valence-corrected chi connectivity index (χ0v) is 16.9. The summed E-state index contributed by atoms with van der Waals surface area (Å²) < 4.78 is 7.42. The standard InChI is InChI=1S/C21H24N4O2S/c1-4-11-25-19(18-10-7-12-27-18)23-24-21(25)28-14-16-8-5-6-9-17(16)20(26)22-13-15(2)3/h4-10,12,15H,1,11,13-14H2,2-3H3,(H,22,26). The predicted octanol–water partition coefficient (Wildman–Crippen LogP) is 4.40. The van der Waals surface area contributed by atoms with E-state index in [2.05, 4.69) is 35.9 Å².